The van der Waals surface area contributed by atoms with Crippen LogP contribution >= 0.6 is 23.2 Å². The molecule has 1 aromatic carbocycles. The number of ether oxygens (including phenoxy) is 1. The third-order valence-electron chi connectivity index (χ3n) is 4.12. The highest BCUT2D eigenvalue weighted by molar-refractivity contribution is 6.35. The fraction of sp³-hybridized carbons (Fsp3) is 0.333. The number of pyridine rings is 1. The van der Waals surface area contributed by atoms with E-state index in [1.807, 2.05) is 6.92 Å². The Balaban J connectivity index is 2.16. The van der Waals surface area contributed by atoms with Gasteiger partial charge in [-0.25, -0.2) is 9.78 Å². The molecular formula is C21H23Cl2N3O4. The Kier molecular flexibility index (Phi) is 8.62. The Hall–Kier alpha value is -2.64. The maximum Gasteiger partial charge on any atom is 0.339 e. The standard InChI is InChI=1S/C21H23Cl2N3O4/c1-4-10-26(12-19(27)25-18-11-14(22)6-8-16(18)23)20(28)17-9-7-15(13(3)24-17)21(29)30-5-2/h6-9,11H,4-5,10,12H2,1-3H3,(H,25,27). The number of esters is 1. The molecule has 1 heterocycles. The van der Waals surface area contributed by atoms with Crippen LogP contribution in [-0.4, -0.2) is 47.4 Å². The Morgan fingerprint density at radius 3 is 2.50 bits per heavy atom. The lowest BCUT2D eigenvalue weighted by Crippen LogP contribution is -2.39. The van der Waals surface area contributed by atoms with Crippen LogP contribution in [0.5, 0.6) is 0 Å². The molecule has 1 N–H and O–H groups in total. The maximum absolute atomic E-state index is 12.9. The van der Waals surface area contributed by atoms with Crippen LogP contribution in [0.15, 0.2) is 30.3 Å². The molecule has 0 aliphatic heterocycles. The minimum absolute atomic E-state index is 0.141. The molecule has 0 spiro atoms. The van der Waals surface area contributed by atoms with E-state index in [-0.39, 0.29) is 18.8 Å². The lowest BCUT2D eigenvalue weighted by molar-refractivity contribution is -0.116. The highest BCUT2D eigenvalue weighted by atomic mass is 35.5. The number of aryl methyl sites for hydroxylation is 1. The number of nitrogens with one attached hydrogen (secondary N) is 1. The minimum Gasteiger partial charge on any atom is -0.462 e. The largest absolute Gasteiger partial charge is 0.462 e. The quantitative estimate of drug-likeness (QED) is 0.602. The Morgan fingerprint density at radius 1 is 1.13 bits per heavy atom. The number of carbonyl (C=O) groups is 3. The van der Waals surface area contributed by atoms with Gasteiger partial charge in [0.2, 0.25) is 5.91 Å². The Morgan fingerprint density at radius 2 is 1.87 bits per heavy atom. The van der Waals surface area contributed by atoms with Crippen LogP contribution in [-0.2, 0) is 9.53 Å². The van der Waals surface area contributed by atoms with Gasteiger partial charge in [-0.2, -0.15) is 0 Å². The first-order valence-electron chi connectivity index (χ1n) is 9.45. The van der Waals surface area contributed by atoms with Crippen molar-refractivity contribution in [1.82, 2.24) is 9.88 Å². The van der Waals surface area contributed by atoms with E-state index in [0.717, 1.165) is 0 Å². The number of rotatable bonds is 8. The van der Waals surface area contributed by atoms with Crippen molar-refractivity contribution in [3.63, 3.8) is 0 Å². The molecule has 0 fully saturated rings. The number of hydrogen-bond acceptors (Lipinski definition) is 5. The van der Waals surface area contributed by atoms with Crippen molar-refractivity contribution in [3.8, 4) is 0 Å². The molecule has 2 amide bonds. The van der Waals surface area contributed by atoms with E-state index in [1.54, 1.807) is 26.0 Å². The third kappa shape index (κ3) is 6.18. The number of halogens is 2. The molecule has 0 saturated carbocycles. The molecule has 1 aromatic heterocycles. The average Bonchev–Trinajstić information content (AvgIpc) is 2.70. The molecule has 30 heavy (non-hydrogen) atoms. The molecule has 2 aromatic rings. The molecule has 0 atom stereocenters. The van der Waals surface area contributed by atoms with Crippen molar-refractivity contribution in [2.45, 2.75) is 27.2 Å². The van der Waals surface area contributed by atoms with Crippen molar-refractivity contribution in [3.05, 3.63) is 57.3 Å². The molecule has 2 rings (SSSR count). The van der Waals surface area contributed by atoms with Crippen molar-refractivity contribution in [2.75, 3.05) is 25.0 Å². The normalized spacial score (nSPS) is 10.4. The number of nitrogens with zero attached hydrogens (tertiary/aromatic N) is 2. The molecule has 0 aliphatic rings. The van der Waals surface area contributed by atoms with Gasteiger partial charge in [-0.1, -0.05) is 30.1 Å². The predicted molar refractivity (Wildman–Crippen MR) is 116 cm³/mol. The second kappa shape index (κ2) is 10.9. The molecule has 9 heteroatoms. The van der Waals surface area contributed by atoms with E-state index >= 15 is 0 Å². The van der Waals surface area contributed by atoms with Gasteiger partial charge in [0.15, 0.2) is 0 Å². The van der Waals surface area contributed by atoms with Crippen LogP contribution < -0.4 is 5.32 Å². The van der Waals surface area contributed by atoms with Gasteiger partial charge in [-0.3, -0.25) is 9.59 Å². The number of aromatic nitrogens is 1. The van der Waals surface area contributed by atoms with Gasteiger partial charge in [0.05, 0.1) is 28.6 Å². The van der Waals surface area contributed by atoms with Gasteiger partial charge < -0.3 is 15.0 Å². The molecule has 0 saturated heterocycles. The summed E-state index contributed by atoms with van der Waals surface area (Å²) in [7, 11) is 0. The van der Waals surface area contributed by atoms with E-state index in [4.69, 9.17) is 27.9 Å². The molecule has 0 radical (unpaired) electrons. The van der Waals surface area contributed by atoms with E-state index < -0.39 is 17.8 Å². The Labute approximate surface area is 185 Å². The van der Waals surface area contributed by atoms with Gasteiger partial charge in [0, 0.05) is 11.6 Å². The van der Waals surface area contributed by atoms with Crippen LogP contribution in [0.3, 0.4) is 0 Å². The number of anilines is 1. The summed E-state index contributed by atoms with van der Waals surface area (Å²) >= 11 is 12.0. The lowest BCUT2D eigenvalue weighted by atomic mass is 10.1. The topological polar surface area (TPSA) is 88.6 Å². The van der Waals surface area contributed by atoms with Crippen molar-refractivity contribution in [1.29, 1.82) is 0 Å². The first-order chi connectivity index (χ1) is 14.3. The summed E-state index contributed by atoms with van der Waals surface area (Å²) in [5.41, 5.74) is 1.18. The molecular weight excluding hydrogens is 429 g/mol. The van der Waals surface area contributed by atoms with E-state index in [9.17, 15) is 14.4 Å². The second-order valence-corrected chi connectivity index (χ2v) is 7.29. The zero-order valence-electron chi connectivity index (χ0n) is 17.0. The van der Waals surface area contributed by atoms with E-state index in [0.29, 0.717) is 40.0 Å². The Bertz CT molecular complexity index is 950. The van der Waals surface area contributed by atoms with Gasteiger partial charge in [-0.05, 0) is 50.6 Å². The summed E-state index contributed by atoms with van der Waals surface area (Å²) in [6.07, 6.45) is 0.650. The van der Waals surface area contributed by atoms with E-state index in [1.165, 1.54) is 23.1 Å². The van der Waals surface area contributed by atoms with Crippen LogP contribution in [0.2, 0.25) is 10.0 Å². The number of benzene rings is 1. The molecule has 0 aliphatic carbocycles. The highest BCUT2D eigenvalue weighted by Crippen LogP contribution is 2.25. The van der Waals surface area contributed by atoms with E-state index in [2.05, 4.69) is 10.3 Å². The van der Waals surface area contributed by atoms with Gasteiger partial charge >= 0.3 is 5.97 Å². The first kappa shape index (κ1) is 23.6. The average molecular weight is 452 g/mol. The van der Waals surface area contributed by atoms with Gasteiger partial charge in [-0.15, -0.1) is 0 Å². The highest BCUT2D eigenvalue weighted by Gasteiger charge is 2.22. The second-order valence-electron chi connectivity index (χ2n) is 6.45. The summed E-state index contributed by atoms with van der Waals surface area (Å²) in [6, 6.07) is 7.68. The summed E-state index contributed by atoms with van der Waals surface area (Å²) in [6.45, 7) is 5.65. The number of amides is 2. The molecule has 160 valence electrons. The van der Waals surface area contributed by atoms with Crippen molar-refractivity contribution < 1.29 is 19.1 Å². The van der Waals surface area contributed by atoms with Crippen molar-refractivity contribution >= 4 is 46.7 Å². The summed E-state index contributed by atoms with van der Waals surface area (Å²) in [5, 5.41) is 3.43. The van der Waals surface area contributed by atoms with Crippen LogP contribution in [0.1, 0.15) is 46.8 Å². The first-order valence-corrected chi connectivity index (χ1v) is 10.2. The smallest absolute Gasteiger partial charge is 0.339 e. The summed E-state index contributed by atoms with van der Waals surface area (Å²) in [4.78, 5) is 43.0. The van der Waals surface area contributed by atoms with Crippen LogP contribution in [0, 0.1) is 6.92 Å². The zero-order valence-corrected chi connectivity index (χ0v) is 18.5. The lowest BCUT2D eigenvalue weighted by Gasteiger charge is -2.21. The zero-order chi connectivity index (χ0) is 22.3. The third-order valence-corrected chi connectivity index (χ3v) is 4.68. The predicted octanol–water partition coefficient (Wildman–Crippen LogP) is 4.36. The minimum atomic E-state index is -0.496. The summed E-state index contributed by atoms with van der Waals surface area (Å²) in [5.74, 6) is -1.33. The monoisotopic (exact) mass is 451 g/mol. The molecule has 0 bridgehead atoms. The fourth-order valence-corrected chi connectivity index (χ4v) is 3.08. The van der Waals surface area contributed by atoms with Gasteiger partial charge in [0.1, 0.15) is 12.2 Å². The molecule has 0 unspecified atom stereocenters. The van der Waals surface area contributed by atoms with Crippen LogP contribution in [0.25, 0.3) is 0 Å². The van der Waals surface area contributed by atoms with Gasteiger partial charge in [0.25, 0.3) is 5.91 Å². The molecule has 7 nitrogen and oxygen atoms in total. The number of hydrogen-bond donors (Lipinski definition) is 1. The number of carbonyl (C=O) groups excluding carboxylic acids is 3. The SMILES string of the molecule is CCCN(CC(=O)Nc1cc(Cl)ccc1Cl)C(=O)c1ccc(C(=O)OCC)c(C)n1. The summed E-state index contributed by atoms with van der Waals surface area (Å²) < 4.78 is 4.97. The maximum atomic E-state index is 12.9. The van der Waals surface area contributed by atoms with Crippen molar-refractivity contribution in [2.24, 2.45) is 0 Å². The fourth-order valence-electron chi connectivity index (χ4n) is 2.75. The van der Waals surface area contributed by atoms with Crippen LogP contribution in [0.4, 0.5) is 5.69 Å².